The molecule has 0 saturated carbocycles. The summed E-state index contributed by atoms with van der Waals surface area (Å²) in [5.74, 6) is -0.396. The highest BCUT2D eigenvalue weighted by molar-refractivity contribution is 7.92. The van der Waals surface area contributed by atoms with Gasteiger partial charge < -0.3 is 0 Å². The number of carbonyl (C=O) groups is 1. The topological polar surface area (TPSA) is 87.6 Å². The van der Waals surface area contributed by atoms with E-state index in [1.165, 1.54) is 42.6 Å². The third-order valence-corrected chi connectivity index (χ3v) is 5.26. The molecule has 0 unspecified atom stereocenters. The van der Waals surface area contributed by atoms with Gasteiger partial charge in [-0.3, -0.25) is 9.52 Å². The lowest BCUT2D eigenvalue weighted by molar-refractivity contribution is 0.0955. The Morgan fingerprint density at radius 3 is 2.10 bits per heavy atom. The molecule has 0 radical (unpaired) electrons. The van der Waals surface area contributed by atoms with Crippen LogP contribution in [0, 0.1) is 0 Å². The molecular weight excluding hydrogens is 386 g/mol. The van der Waals surface area contributed by atoms with Crippen LogP contribution in [0.25, 0.3) is 6.08 Å². The average Bonchev–Trinajstić information content (AvgIpc) is 2.75. The van der Waals surface area contributed by atoms with Gasteiger partial charge in [-0.05, 0) is 48.0 Å². The summed E-state index contributed by atoms with van der Waals surface area (Å²) >= 11 is 0. The maximum Gasteiger partial charge on any atom is 0.271 e. The van der Waals surface area contributed by atoms with Gasteiger partial charge in [0.25, 0.3) is 15.9 Å². The summed E-state index contributed by atoms with van der Waals surface area (Å²) in [6.45, 7) is 0. The number of hydrogen-bond acceptors (Lipinski definition) is 4. The van der Waals surface area contributed by atoms with Crippen molar-refractivity contribution in [3.8, 4) is 0 Å². The van der Waals surface area contributed by atoms with Gasteiger partial charge in [0, 0.05) is 17.5 Å². The first-order chi connectivity index (χ1) is 14.0. The quantitative estimate of drug-likeness (QED) is 0.461. The molecule has 0 aliphatic carbocycles. The predicted octanol–water partition coefficient (Wildman–Crippen LogP) is 3.92. The summed E-state index contributed by atoms with van der Waals surface area (Å²) in [4.78, 5) is 12.3. The van der Waals surface area contributed by atoms with Gasteiger partial charge in [0.15, 0.2) is 0 Å². The molecule has 3 aromatic rings. The Morgan fingerprint density at radius 2 is 1.45 bits per heavy atom. The minimum absolute atomic E-state index is 0.166. The van der Waals surface area contributed by atoms with E-state index < -0.39 is 15.9 Å². The smallest absolute Gasteiger partial charge is 0.271 e. The van der Waals surface area contributed by atoms with Gasteiger partial charge in [0.2, 0.25) is 0 Å². The largest absolute Gasteiger partial charge is 0.280 e. The third-order valence-electron chi connectivity index (χ3n) is 3.87. The number of nitrogens with zero attached hydrogens (tertiary/aromatic N) is 1. The van der Waals surface area contributed by atoms with Gasteiger partial charge >= 0.3 is 0 Å². The number of hydrogen-bond donors (Lipinski definition) is 2. The SMILES string of the molecule is O=C(NN=CC=Cc1ccccc1)c1ccc(NS(=O)(=O)c2ccccc2)cc1. The van der Waals surface area contributed by atoms with Crippen LogP contribution >= 0.6 is 0 Å². The standard InChI is InChI=1S/C22H19N3O3S/c26-22(24-23-17-7-10-18-8-3-1-4-9-18)19-13-15-20(16-14-19)25-29(27,28)21-11-5-2-6-12-21/h1-17,25H,(H,24,26). The average molecular weight is 405 g/mol. The zero-order valence-corrected chi connectivity index (χ0v) is 16.2. The Kier molecular flexibility index (Phi) is 6.55. The van der Waals surface area contributed by atoms with Gasteiger partial charge in [-0.15, -0.1) is 0 Å². The van der Waals surface area contributed by atoms with Crippen molar-refractivity contribution < 1.29 is 13.2 Å². The Morgan fingerprint density at radius 1 is 0.828 bits per heavy atom. The molecule has 0 bridgehead atoms. The van der Waals surface area contributed by atoms with Crippen molar-refractivity contribution >= 4 is 33.9 Å². The van der Waals surface area contributed by atoms with E-state index in [4.69, 9.17) is 0 Å². The first kappa shape index (κ1) is 20.0. The summed E-state index contributed by atoms with van der Waals surface area (Å²) in [5.41, 5.74) is 4.17. The molecule has 0 saturated heterocycles. The lowest BCUT2D eigenvalue weighted by Gasteiger charge is -2.08. The van der Waals surface area contributed by atoms with E-state index in [0.717, 1.165) is 5.56 Å². The van der Waals surface area contributed by atoms with Crippen LogP contribution in [-0.2, 0) is 10.0 Å². The maximum absolute atomic E-state index is 12.3. The Hall–Kier alpha value is -3.71. The van der Waals surface area contributed by atoms with E-state index in [1.54, 1.807) is 24.3 Å². The summed E-state index contributed by atoms with van der Waals surface area (Å²) in [7, 11) is -3.67. The van der Waals surface area contributed by atoms with Crippen LogP contribution in [0.2, 0.25) is 0 Å². The van der Waals surface area contributed by atoms with Gasteiger partial charge in [0.1, 0.15) is 0 Å². The van der Waals surface area contributed by atoms with Crippen LogP contribution in [0.5, 0.6) is 0 Å². The number of benzene rings is 3. The molecule has 0 aliphatic heterocycles. The highest BCUT2D eigenvalue weighted by Gasteiger charge is 2.13. The molecule has 0 fully saturated rings. The number of anilines is 1. The molecule has 7 heteroatoms. The highest BCUT2D eigenvalue weighted by Crippen LogP contribution is 2.16. The van der Waals surface area contributed by atoms with Crippen molar-refractivity contribution in [1.82, 2.24) is 5.43 Å². The molecule has 6 nitrogen and oxygen atoms in total. The van der Waals surface area contributed by atoms with Crippen molar-refractivity contribution in [2.75, 3.05) is 4.72 Å². The van der Waals surface area contributed by atoms with Crippen LogP contribution in [0.1, 0.15) is 15.9 Å². The van der Waals surface area contributed by atoms with E-state index in [-0.39, 0.29) is 4.90 Å². The van der Waals surface area contributed by atoms with Crippen molar-refractivity contribution in [3.05, 3.63) is 102 Å². The molecular formula is C22H19N3O3S. The molecule has 1 amide bonds. The molecule has 0 aliphatic rings. The maximum atomic E-state index is 12.3. The number of hydrazone groups is 1. The monoisotopic (exact) mass is 405 g/mol. The Balaban J connectivity index is 1.56. The Labute approximate surface area is 169 Å². The van der Waals surface area contributed by atoms with E-state index in [9.17, 15) is 13.2 Å². The third kappa shape index (κ3) is 5.88. The van der Waals surface area contributed by atoms with Gasteiger partial charge in [-0.1, -0.05) is 54.6 Å². The summed E-state index contributed by atoms with van der Waals surface area (Å²) in [5, 5.41) is 3.86. The Bertz CT molecular complexity index is 1110. The first-order valence-electron chi connectivity index (χ1n) is 8.78. The number of carbonyl (C=O) groups excluding carboxylic acids is 1. The second-order valence-corrected chi connectivity index (χ2v) is 7.67. The van der Waals surface area contributed by atoms with Crippen molar-refractivity contribution in [3.63, 3.8) is 0 Å². The molecule has 29 heavy (non-hydrogen) atoms. The lowest BCUT2D eigenvalue weighted by atomic mass is 10.2. The zero-order chi connectivity index (χ0) is 20.5. The molecule has 0 spiro atoms. The van der Waals surface area contributed by atoms with Crippen LogP contribution in [-0.4, -0.2) is 20.5 Å². The molecule has 0 aromatic heterocycles. The number of nitrogens with one attached hydrogen (secondary N) is 2. The molecule has 3 aromatic carbocycles. The fourth-order valence-corrected chi connectivity index (χ4v) is 3.50. The number of rotatable bonds is 7. The van der Waals surface area contributed by atoms with Gasteiger partial charge in [-0.2, -0.15) is 5.10 Å². The lowest BCUT2D eigenvalue weighted by Crippen LogP contribution is -2.17. The van der Waals surface area contributed by atoms with Crippen LogP contribution in [0.3, 0.4) is 0 Å². The summed E-state index contributed by atoms with van der Waals surface area (Å²) in [6, 6.07) is 23.9. The number of allylic oxidation sites excluding steroid dienone is 1. The van der Waals surface area contributed by atoms with Gasteiger partial charge in [-0.25, -0.2) is 13.8 Å². The fraction of sp³-hybridized carbons (Fsp3) is 0. The number of amides is 1. The summed E-state index contributed by atoms with van der Waals surface area (Å²) < 4.78 is 27.1. The van der Waals surface area contributed by atoms with Crippen LogP contribution < -0.4 is 10.1 Å². The van der Waals surface area contributed by atoms with Crippen molar-refractivity contribution in [2.24, 2.45) is 5.10 Å². The van der Waals surface area contributed by atoms with Crippen molar-refractivity contribution in [1.29, 1.82) is 0 Å². The first-order valence-corrected chi connectivity index (χ1v) is 10.3. The predicted molar refractivity (Wildman–Crippen MR) is 115 cm³/mol. The zero-order valence-electron chi connectivity index (χ0n) is 15.4. The molecule has 0 atom stereocenters. The van der Waals surface area contributed by atoms with Crippen molar-refractivity contribution in [2.45, 2.75) is 4.90 Å². The second-order valence-electron chi connectivity index (χ2n) is 5.98. The second kappa shape index (κ2) is 9.48. The molecule has 2 N–H and O–H groups in total. The van der Waals surface area contributed by atoms with E-state index in [1.807, 2.05) is 36.4 Å². The number of sulfonamides is 1. The summed E-state index contributed by atoms with van der Waals surface area (Å²) in [6.07, 6.45) is 5.06. The minimum atomic E-state index is -3.67. The van der Waals surface area contributed by atoms with Gasteiger partial charge in [0.05, 0.1) is 4.90 Å². The highest BCUT2D eigenvalue weighted by atomic mass is 32.2. The van der Waals surface area contributed by atoms with Crippen LogP contribution in [0.4, 0.5) is 5.69 Å². The van der Waals surface area contributed by atoms with E-state index in [0.29, 0.717) is 11.3 Å². The van der Waals surface area contributed by atoms with Crippen LogP contribution in [0.15, 0.2) is 101 Å². The fourth-order valence-electron chi connectivity index (χ4n) is 2.43. The normalized spacial score (nSPS) is 11.6. The minimum Gasteiger partial charge on any atom is -0.280 e. The molecule has 146 valence electrons. The van der Waals surface area contributed by atoms with E-state index in [2.05, 4.69) is 15.2 Å². The molecule has 0 heterocycles. The molecule has 3 rings (SSSR count). The van der Waals surface area contributed by atoms with E-state index >= 15 is 0 Å².